The molecule has 3 rings (SSSR count). The van der Waals surface area contributed by atoms with Crippen molar-refractivity contribution in [2.45, 2.75) is 32.6 Å². The highest BCUT2D eigenvalue weighted by Gasteiger charge is 2.24. The van der Waals surface area contributed by atoms with E-state index in [2.05, 4.69) is 24.9 Å². The van der Waals surface area contributed by atoms with Gasteiger partial charge in [0.15, 0.2) is 0 Å². The predicted molar refractivity (Wildman–Crippen MR) is 83.4 cm³/mol. The highest BCUT2D eigenvalue weighted by Crippen LogP contribution is 2.31. The van der Waals surface area contributed by atoms with Gasteiger partial charge in [-0.1, -0.05) is 32.0 Å². The van der Waals surface area contributed by atoms with E-state index in [0.29, 0.717) is 18.3 Å². The lowest BCUT2D eigenvalue weighted by molar-refractivity contribution is 0.257. The summed E-state index contributed by atoms with van der Waals surface area (Å²) >= 11 is 0. The zero-order valence-electron chi connectivity index (χ0n) is 12.5. The number of aromatic nitrogens is 2. The maximum absolute atomic E-state index is 5.94. The molecule has 0 bridgehead atoms. The van der Waals surface area contributed by atoms with Gasteiger partial charge in [-0.25, -0.2) is 9.97 Å². The summed E-state index contributed by atoms with van der Waals surface area (Å²) in [5.41, 5.74) is 8.18. The molecule has 1 aliphatic rings. The molecule has 2 aromatic rings. The summed E-state index contributed by atoms with van der Waals surface area (Å²) in [4.78, 5) is 9.12. The van der Waals surface area contributed by atoms with Gasteiger partial charge in [0.2, 0.25) is 0 Å². The van der Waals surface area contributed by atoms with Gasteiger partial charge in [0, 0.05) is 11.8 Å². The molecule has 1 aliphatic heterocycles. The number of fused-ring (bicyclic) bond motifs is 1. The van der Waals surface area contributed by atoms with Crippen molar-refractivity contribution in [3.05, 3.63) is 47.4 Å². The number of nitrogens with zero attached hydrogens (tertiary/aromatic N) is 2. The van der Waals surface area contributed by atoms with Crippen molar-refractivity contribution in [3.8, 4) is 5.75 Å². The number of nitrogen functional groups attached to an aromatic ring is 1. The minimum Gasteiger partial charge on any atom is -0.493 e. The Labute approximate surface area is 125 Å². The average molecular weight is 283 g/mol. The molecular weight excluding hydrogens is 262 g/mol. The monoisotopic (exact) mass is 283 g/mol. The fraction of sp³-hybridized carbons (Fsp3) is 0.412. The lowest BCUT2D eigenvalue weighted by Crippen LogP contribution is -2.22. The Bertz CT molecular complexity index is 640. The van der Waals surface area contributed by atoms with Gasteiger partial charge in [-0.2, -0.15) is 0 Å². The van der Waals surface area contributed by atoms with E-state index >= 15 is 0 Å². The number of nitrogens with two attached hydrogens (primary N) is 1. The Morgan fingerprint density at radius 2 is 2.10 bits per heavy atom. The summed E-state index contributed by atoms with van der Waals surface area (Å²) in [7, 11) is 0. The minimum absolute atomic E-state index is 0.175. The first-order chi connectivity index (χ1) is 10.1. The average Bonchev–Trinajstić information content (AvgIpc) is 2.45. The van der Waals surface area contributed by atoms with Crippen LogP contribution in [-0.4, -0.2) is 16.6 Å². The third-order valence-corrected chi connectivity index (χ3v) is 3.68. The molecule has 110 valence electrons. The van der Waals surface area contributed by atoms with E-state index in [1.807, 2.05) is 24.3 Å². The van der Waals surface area contributed by atoms with E-state index in [1.165, 1.54) is 5.56 Å². The number of rotatable bonds is 3. The van der Waals surface area contributed by atoms with E-state index in [9.17, 15) is 0 Å². The van der Waals surface area contributed by atoms with Crippen LogP contribution in [0.4, 0.5) is 5.82 Å². The molecule has 0 saturated carbocycles. The maximum Gasteiger partial charge on any atom is 0.137 e. The second-order valence-corrected chi connectivity index (χ2v) is 6.06. The molecule has 0 radical (unpaired) electrons. The lowest BCUT2D eigenvalue weighted by Gasteiger charge is -2.24. The molecule has 4 nitrogen and oxygen atoms in total. The fourth-order valence-corrected chi connectivity index (χ4v) is 2.74. The van der Waals surface area contributed by atoms with Crippen molar-refractivity contribution in [2.75, 3.05) is 12.3 Å². The van der Waals surface area contributed by atoms with Crippen LogP contribution in [-0.2, 0) is 12.8 Å². The number of benzene rings is 1. The Hall–Kier alpha value is -2.10. The summed E-state index contributed by atoms with van der Waals surface area (Å²) in [6, 6.07) is 10.0. The van der Waals surface area contributed by atoms with Crippen LogP contribution in [0.2, 0.25) is 0 Å². The van der Waals surface area contributed by atoms with Gasteiger partial charge in [0.05, 0.1) is 12.5 Å². The van der Waals surface area contributed by atoms with Gasteiger partial charge in [0.1, 0.15) is 17.4 Å². The number of hydrogen-bond acceptors (Lipinski definition) is 4. The predicted octanol–water partition coefficient (Wildman–Crippen LogP) is 2.98. The van der Waals surface area contributed by atoms with Crippen molar-refractivity contribution < 1.29 is 4.74 Å². The van der Waals surface area contributed by atoms with Crippen molar-refractivity contribution in [3.63, 3.8) is 0 Å². The first-order valence-corrected chi connectivity index (χ1v) is 7.46. The molecule has 2 heterocycles. The van der Waals surface area contributed by atoms with Gasteiger partial charge < -0.3 is 10.5 Å². The van der Waals surface area contributed by atoms with Crippen LogP contribution in [0.1, 0.15) is 36.8 Å². The topological polar surface area (TPSA) is 61.0 Å². The van der Waals surface area contributed by atoms with Gasteiger partial charge >= 0.3 is 0 Å². The third kappa shape index (κ3) is 3.15. The Morgan fingerprint density at radius 1 is 1.29 bits per heavy atom. The molecule has 0 fully saturated rings. The Balaban J connectivity index is 1.86. The first kappa shape index (κ1) is 13.9. The fourth-order valence-electron chi connectivity index (χ4n) is 2.74. The molecule has 0 saturated heterocycles. The number of hydrogen-bond donors (Lipinski definition) is 1. The quantitative estimate of drug-likeness (QED) is 0.940. The zero-order valence-corrected chi connectivity index (χ0v) is 12.5. The molecule has 1 aromatic heterocycles. The van der Waals surface area contributed by atoms with Gasteiger partial charge in [0.25, 0.3) is 0 Å². The van der Waals surface area contributed by atoms with Crippen LogP contribution < -0.4 is 10.5 Å². The highest BCUT2D eigenvalue weighted by molar-refractivity contribution is 5.37. The van der Waals surface area contributed by atoms with Gasteiger partial charge in [-0.3, -0.25) is 0 Å². The highest BCUT2D eigenvalue weighted by atomic mass is 16.5. The number of para-hydroxylation sites is 1. The molecule has 0 amide bonds. The van der Waals surface area contributed by atoms with Crippen LogP contribution in [0.15, 0.2) is 30.3 Å². The summed E-state index contributed by atoms with van der Waals surface area (Å²) in [5, 5.41) is 0. The number of anilines is 1. The molecule has 0 aliphatic carbocycles. The van der Waals surface area contributed by atoms with E-state index in [-0.39, 0.29) is 5.92 Å². The molecule has 1 unspecified atom stereocenters. The van der Waals surface area contributed by atoms with Crippen LogP contribution in [0, 0.1) is 5.92 Å². The van der Waals surface area contributed by atoms with E-state index in [0.717, 1.165) is 30.1 Å². The standard InChI is InChI=1S/C17H21N3O/c1-11(2)7-14-9-16(18)20-17(19-14)13-8-12-5-3-4-6-15(12)21-10-13/h3-6,9,11,13H,7-8,10H2,1-2H3,(H2,18,19,20). The normalized spacial score (nSPS) is 17.4. The maximum atomic E-state index is 5.94. The largest absolute Gasteiger partial charge is 0.493 e. The van der Waals surface area contributed by atoms with E-state index in [1.54, 1.807) is 0 Å². The molecule has 4 heteroatoms. The van der Waals surface area contributed by atoms with Crippen molar-refractivity contribution in [2.24, 2.45) is 5.92 Å². The second kappa shape index (κ2) is 5.72. The lowest BCUT2D eigenvalue weighted by atomic mass is 9.96. The van der Waals surface area contributed by atoms with Crippen molar-refractivity contribution >= 4 is 5.82 Å². The molecule has 0 spiro atoms. The molecule has 1 atom stereocenters. The van der Waals surface area contributed by atoms with Crippen molar-refractivity contribution in [1.82, 2.24) is 9.97 Å². The summed E-state index contributed by atoms with van der Waals surface area (Å²) in [5.74, 6) is 3.06. The molecule has 21 heavy (non-hydrogen) atoms. The molecular formula is C17H21N3O. The third-order valence-electron chi connectivity index (χ3n) is 3.68. The van der Waals surface area contributed by atoms with Gasteiger partial charge in [-0.05, 0) is 30.4 Å². The van der Waals surface area contributed by atoms with Crippen LogP contribution in [0.3, 0.4) is 0 Å². The van der Waals surface area contributed by atoms with E-state index < -0.39 is 0 Å². The van der Waals surface area contributed by atoms with Crippen LogP contribution >= 0.6 is 0 Å². The summed E-state index contributed by atoms with van der Waals surface area (Å²) < 4.78 is 5.83. The molecule has 1 aromatic carbocycles. The number of ether oxygens (including phenoxy) is 1. The van der Waals surface area contributed by atoms with Gasteiger partial charge in [-0.15, -0.1) is 0 Å². The minimum atomic E-state index is 0.175. The van der Waals surface area contributed by atoms with E-state index in [4.69, 9.17) is 15.5 Å². The second-order valence-electron chi connectivity index (χ2n) is 6.06. The van der Waals surface area contributed by atoms with Crippen LogP contribution in [0.25, 0.3) is 0 Å². The Morgan fingerprint density at radius 3 is 2.90 bits per heavy atom. The summed E-state index contributed by atoms with van der Waals surface area (Å²) in [6.07, 6.45) is 1.82. The van der Waals surface area contributed by atoms with Crippen molar-refractivity contribution in [1.29, 1.82) is 0 Å². The first-order valence-electron chi connectivity index (χ1n) is 7.46. The molecule has 2 N–H and O–H groups in total. The Kier molecular flexibility index (Phi) is 3.78. The zero-order chi connectivity index (χ0) is 14.8. The smallest absolute Gasteiger partial charge is 0.137 e. The summed E-state index contributed by atoms with van der Waals surface area (Å²) in [6.45, 7) is 4.97. The SMILES string of the molecule is CC(C)Cc1cc(N)nc(C2COc3ccccc3C2)n1. The van der Waals surface area contributed by atoms with Crippen LogP contribution in [0.5, 0.6) is 5.75 Å².